The molecule has 2 aromatic rings. The second-order valence-corrected chi connectivity index (χ2v) is 5.00. The molecule has 0 bridgehead atoms. The molecule has 0 aliphatic carbocycles. The van der Waals surface area contributed by atoms with Crippen molar-refractivity contribution in [3.05, 3.63) is 54.1 Å². The molecule has 0 saturated heterocycles. The fourth-order valence-electron chi connectivity index (χ4n) is 1.42. The zero-order valence-corrected chi connectivity index (χ0v) is 10.5. The van der Waals surface area contributed by atoms with Gasteiger partial charge in [0.15, 0.2) is 0 Å². The first-order valence-corrected chi connectivity index (χ1v) is 6.44. The van der Waals surface area contributed by atoms with Gasteiger partial charge in [-0.05, 0) is 19.1 Å². The lowest BCUT2D eigenvalue weighted by Crippen LogP contribution is -2.13. The van der Waals surface area contributed by atoms with Gasteiger partial charge in [-0.1, -0.05) is 17.7 Å². The number of rotatable bonds is 4. The average molecular weight is 245 g/mol. The third kappa shape index (κ3) is 3.54. The molecule has 0 radical (unpaired) electrons. The number of aryl methyl sites for hydroxylation is 1. The Morgan fingerprint density at radius 3 is 2.47 bits per heavy atom. The van der Waals surface area contributed by atoms with E-state index in [2.05, 4.69) is 41.2 Å². The lowest BCUT2D eigenvalue weighted by Gasteiger charge is -2.10. The van der Waals surface area contributed by atoms with Crippen molar-refractivity contribution in [1.29, 1.82) is 0 Å². The zero-order chi connectivity index (χ0) is 12.1. The Labute approximate surface area is 105 Å². The number of hydrogen-bond acceptors (Lipinski definition) is 4. The van der Waals surface area contributed by atoms with E-state index in [1.54, 1.807) is 24.2 Å². The van der Waals surface area contributed by atoms with Crippen molar-refractivity contribution in [1.82, 2.24) is 9.97 Å². The van der Waals surface area contributed by atoms with Gasteiger partial charge in [0.1, 0.15) is 6.33 Å². The van der Waals surface area contributed by atoms with Gasteiger partial charge < -0.3 is 5.73 Å². The van der Waals surface area contributed by atoms with E-state index in [0.29, 0.717) is 0 Å². The van der Waals surface area contributed by atoms with Crippen LogP contribution in [0.15, 0.2) is 47.9 Å². The van der Waals surface area contributed by atoms with Crippen molar-refractivity contribution >= 4 is 11.8 Å². The predicted molar refractivity (Wildman–Crippen MR) is 70.9 cm³/mol. The lowest BCUT2D eigenvalue weighted by molar-refractivity contribution is 0.814. The summed E-state index contributed by atoms with van der Waals surface area (Å²) >= 11 is 1.75. The van der Waals surface area contributed by atoms with E-state index >= 15 is 0 Å². The van der Waals surface area contributed by atoms with Gasteiger partial charge in [0, 0.05) is 34.6 Å². The van der Waals surface area contributed by atoms with Crippen LogP contribution >= 0.6 is 11.8 Å². The zero-order valence-electron chi connectivity index (χ0n) is 9.71. The molecule has 3 nitrogen and oxygen atoms in total. The molecule has 0 aliphatic heterocycles. The van der Waals surface area contributed by atoms with Gasteiger partial charge in [-0.15, -0.1) is 11.8 Å². The Balaban J connectivity index is 1.92. The van der Waals surface area contributed by atoms with Gasteiger partial charge in [0.05, 0.1) is 0 Å². The highest BCUT2D eigenvalue weighted by Gasteiger charge is 2.06. The maximum absolute atomic E-state index is 6.07. The summed E-state index contributed by atoms with van der Waals surface area (Å²) in [5.74, 6) is 0.830. The van der Waals surface area contributed by atoms with Gasteiger partial charge in [-0.3, -0.25) is 0 Å². The maximum Gasteiger partial charge on any atom is 0.115 e. The van der Waals surface area contributed by atoms with E-state index in [1.165, 1.54) is 16.8 Å². The summed E-state index contributed by atoms with van der Waals surface area (Å²) in [6, 6.07) is 8.43. The van der Waals surface area contributed by atoms with Crippen LogP contribution in [0.3, 0.4) is 0 Å². The Kier molecular flexibility index (Phi) is 4.12. The molecule has 2 N–H and O–H groups in total. The topological polar surface area (TPSA) is 51.8 Å². The first kappa shape index (κ1) is 12.1. The molecule has 0 amide bonds. The van der Waals surface area contributed by atoms with E-state index in [9.17, 15) is 0 Å². The number of thioether (sulfide) groups is 1. The van der Waals surface area contributed by atoms with E-state index < -0.39 is 0 Å². The van der Waals surface area contributed by atoms with Crippen LogP contribution in [0.1, 0.15) is 17.2 Å². The van der Waals surface area contributed by atoms with Crippen molar-refractivity contribution in [2.24, 2.45) is 5.73 Å². The monoisotopic (exact) mass is 245 g/mol. The molecular formula is C13H15N3S. The SMILES string of the molecule is Cc1ccc(SCC(N)c2cncnc2)cc1. The molecule has 0 spiro atoms. The number of nitrogens with two attached hydrogens (primary N) is 1. The second-order valence-electron chi connectivity index (χ2n) is 3.90. The van der Waals surface area contributed by atoms with E-state index in [0.717, 1.165) is 11.3 Å². The summed E-state index contributed by atoms with van der Waals surface area (Å²) in [4.78, 5) is 9.18. The summed E-state index contributed by atoms with van der Waals surface area (Å²) in [5.41, 5.74) is 8.32. The molecular weight excluding hydrogens is 230 g/mol. The van der Waals surface area contributed by atoms with E-state index in [-0.39, 0.29) is 6.04 Å². The molecule has 17 heavy (non-hydrogen) atoms. The van der Waals surface area contributed by atoms with Gasteiger partial charge in [-0.25, -0.2) is 9.97 Å². The second kappa shape index (κ2) is 5.80. The normalized spacial score (nSPS) is 12.4. The first-order chi connectivity index (χ1) is 8.25. The molecule has 88 valence electrons. The molecule has 1 atom stereocenters. The van der Waals surface area contributed by atoms with E-state index in [4.69, 9.17) is 5.73 Å². The Hall–Kier alpha value is -1.39. The summed E-state index contributed by atoms with van der Waals surface area (Å²) in [5, 5.41) is 0. The average Bonchev–Trinajstić information content (AvgIpc) is 2.39. The molecule has 0 aliphatic rings. The maximum atomic E-state index is 6.07. The van der Waals surface area contributed by atoms with Crippen molar-refractivity contribution in [3.8, 4) is 0 Å². The summed E-state index contributed by atoms with van der Waals surface area (Å²) < 4.78 is 0. The van der Waals surface area contributed by atoms with Gasteiger partial charge in [-0.2, -0.15) is 0 Å². The van der Waals surface area contributed by atoms with Crippen LogP contribution in [0.5, 0.6) is 0 Å². The minimum Gasteiger partial charge on any atom is -0.323 e. The van der Waals surface area contributed by atoms with E-state index in [1.807, 2.05) is 0 Å². The number of nitrogens with zero attached hydrogens (tertiary/aromatic N) is 2. The fourth-order valence-corrected chi connectivity index (χ4v) is 2.31. The Bertz CT molecular complexity index is 456. The van der Waals surface area contributed by atoms with Crippen LogP contribution in [0.2, 0.25) is 0 Å². The third-order valence-corrected chi connectivity index (χ3v) is 3.59. The molecule has 1 aromatic heterocycles. The van der Waals surface area contributed by atoms with Crippen LogP contribution in [-0.4, -0.2) is 15.7 Å². The van der Waals surface area contributed by atoms with Gasteiger partial charge in [0.25, 0.3) is 0 Å². The van der Waals surface area contributed by atoms with Crippen molar-refractivity contribution in [2.75, 3.05) is 5.75 Å². The number of hydrogen-bond donors (Lipinski definition) is 1. The summed E-state index contributed by atoms with van der Waals surface area (Å²) in [6.45, 7) is 2.08. The first-order valence-electron chi connectivity index (χ1n) is 5.45. The Morgan fingerprint density at radius 1 is 1.18 bits per heavy atom. The standard InChI is InChI=1S/C13H15N3S/c1-10-2-4-12(5-3-10)17-8-13(14)11-6-15-9-16-7-11/h2-7,9,13H,8,14H2,1H3. The highest BCUT2D eigenvalue weighted by molar-refractivity contribution is 7.99. The molecule has 0 saturated carbocycles. The van der Waals surface area contributed by atoms with Crippen LogP contribution in [0.25, 0.3) is 0 Å². The van der Waals surface area contributed by atoms with Crippen LogP contribution in [0.4, 0.5) is 0 Å². The highest BCUT2D eigenvalue weighted by atomic mass is 32.2. The number of aromatic nitrogens is 2. The predicted octanol–water partition coefficient (Wildman–Crippen LogP) is 2.58. The van der Waals surface area contributed by atoms with Crippen LogP contribution in [-0.2, 0) is 0 Å². The van der Waals surface area contributed by atoms with Crippen molar-refractivity contribution in [3.63, 3.8) is 0 Å². The quantitative estimate of drug-likeness (QED) is 0.841. The summed E-state index contributed by atoms with van der Waals surface area (Å²) in [6.07, 6.45) is 5.06. The van der Waals surface area contributed by atoms with Gasteiger partial charge >= 0.3 is 0 Å². The molecule has 1 heterocycles. The minimum atomic E-state index is -0.0255. The third-order valence-electron chi connectivity index (χ3n) is 2.46. The van der Waals surface area contributed by atoms with Crippen molar-refractivity contribution < 1.29 is 0 Å². The highest BCUT2D eigenvalue weighted by Crippen LogP contribution is 2.22. The van der Waals surface area contributed by atoms with Gasteiger partial charge in [0.2, 0.25) is 0 Å². The largest absolute Gasteiger partial charge is 0.323 e. The molecule has 1 aromatic carbocycles. The fraction of sp³-hybridized carbons (Fsp3) is 0.231. The molecule has 4 heteroatoms. The lowest BCUT2D eigenvalue weighted by atomic mass is 10.2. The number of benzene rings is 1. The molecule has 1 unspecified atom stereocenters. The molecule has 0 fully saturated rings. The Morgan fingerprint density at radius 2 is 1.82 bits per heavy atom. The smallest absolute Gasteiger partial charge is 0.115 e. The molecule has 2 rings (SSSR count). The van der Waals surface area contributed by atoms with Crippen molar-refractivity contribution in [2.45, 2.75) is 17.9 Å². The minimum absolute atomic E-state index is 0.0255. The van der Waals surface area contributed by atoms with Crippen LogP contribution in [0, 0.1) is 6.92 Å². The summed E-state index contributed by atoms with van der Waals surface area (Å²) in [7, 11) is 0. The van der Waals surface area contributed by atoms with Crippen LogP contribution < -0.4 is 5.73 Å².